The topological polar surface area (TPSA) is 74.0 Å². The number of benzene rings is 1. The van der Waals surface area contributed by atoms with E-state index in [0.29, 0.717) is 17.7 Å². The number of hydrogen-bond acceptors (Lipinski definition) is 4. The number of alkyl halides is 3. The third kappa shape index (κ3) is 5.84. The Morgan fingerprint density at radius 1 is 1.13 bits per heavy atom. The molecule has 31 heavy (non-hydrogen) atoms. The number of piperidine rings is 1. The van der Waals surface area contributed by atoms with Crippen LogP contribution in [0.25, 0.3) is 0 Å². The molecule has 3 heterocycles. The second-order valence-corrected chi connectivity index (χ2v) is 7.56. The quantitative estimate of drug-likeness (QED) is 0.733. The van der Waals surface area contributed by atoms with Gasteiger partial charge in [0.25, 0.3) is 5.91 Å². The van der Waals surface area contributed by atoms with E-state index in [1.165, 1.54) is 18.4 Å². The molecule has 1 N–H and O–H groups in total. The van der Waals surface area contributed by atoms with Crippen LogP contribution in [0.3, 0.4) is 0 Å². The molecule has 2 aliphatic heterocycles. The van der Waals surface area contributed by atoms with Gasteiger partial charge in [0, 0.05) is 25.7 Å². The Bertz CT molecular complexity index is 884. The zero-order valence-corrected chi connectivity index (χ0v) is 16.5. The molecule has 168 valence electrons. The third-order valence-corrected chi connectivity index (χ3v) is 5.46. The molecule has 0 spiro atoms. The molecular formula is C21H22F4N2O4. The molecule has 1 aromatic carbocycles. The highest BCUT2D eigenvalue weighted by Gasteiger charge is 2.41. The summed E-state index contributed by atoms with van der Waals surface area (Å²) in [5, 5.41) is 7.12. The number of hydrogen-bond donors (Lipinski definition) is 1. The van der Waals surface area contributed by atoms with Crippen LogP contribution in [0.4, 0.5) is 17.6 Å². The summed E-state index contributed by atoms with van der Waals surface area (Å²) in [6.45, 7) is 3.38. The summed E-state index contributed by atoms with van der Waals surface area (Å²) < 4.78 is 50.1. The van der Waals surface area contributed by atoms with Gasteiger partial charge in [-0.3, -0.25) is 9.69 Å². The first-order valence-corrected chi connectivity index (χ1v) is 9.76. The summed E-state index contributed by atoms with van der Waals surface area (Å²) >= 11 is 0. The summed E-state index contributed by atoms with van der Waals surface area (Å²) in [4.78, 5) is 25.8. The largest absolute Gasteiger partial charge is 0.490 e. The van der Waals surface area contributed by atoms with Crippen molar-refractivity contribution < 1.29 is 36.7 Å². The lowest BCUT2D eigenvalue weighted by molar-refractivity contribution is -0.192. The first-order chi connectivity index (χ1) is 14.6. The Hall–Kier alpha value is -2.88. The van der Waals surface area contributed by atoms with Gasteiger partial charge in [0.15, 0.2) is 5.76 Å². The van der Waals surface area contributed by atoms with Gasteiger partial charge in [-0.25, -0.2) is 9.18 Å². The molecule has 2 fully saturated rings. The van der Waals surface area contributed by atoms with Gasteiger partial charge in [0.2, 0.25) is 0 Å². The molecule has 2 atom stereocenters. The Balaban J connectivity index is 0.000000339. The molecule has 6 nitrogen and oxygen atoms in total. The average molecular weight is 442 g/mol. The normalized spacial score (nSPS) is 21.2. The maximum atomic E-state index is 13.1. The van der Waals surface area contributed by atoms with Crippen molar-refractivity contribution in [2.75, 3.05) is 19.6 Å². The van der Waals surface area contributed by atoms with Crippen molar-refractivity contribution in [3.8, 4) is 0 Å². The highest BCUT2D eigenvalue weighted by Crippen LogP contribution is 2.32. The fourth-order valence-corrected chi connectivity index (χ4v) is 4.02. The van der Waals surface area contributed by atoms with E-state index in [1.54, 1.807) is 12.1 Å². The van der Waals surface area contributed by atoms with Gasteiger partial charge in [-0.2, -0.15) is 13.2 Å². The van der Waals surface area contributed by atoms with Crippen LogP contribution < -0.4 is 0 Å². The van der Waals surface area contributed by atoms with Crippen LogP contribution in [0.5, 0.6) is 0 Å². The van der Waals surface area contributed by atoms with Gasteiger partial charge in [-0.15, -0.1) is 0 Å². The van der Waals surface area contributed by atoms with E-state index in [-0.39, 0.29) is 11.7 Å². The predicted molar refractivity (Wildman–Crippen MR) is 102 cm³/mol. The maximum Gasteiger partial charge on any atom is 0.490 e. The number of aliphatic carboxylic acids is 1. The van der Waals surface area contributed by atoms with Gasteiger partial charge >= 0.3 is 12.1 Å². The molecular weight excluding hydrogens is 420 g/mol. The first-order valence-electron chi connectivity index (χ1n) is 9.76. The Morgan fingerprint density at radius 3 is 2.39 bits per heavy atom. The molecule has 0 radical (unpaired) electrons. The van der Waals surface area contributed by atoms with E-state index in [2.05, 4.69) is 4.90 Å². The Labute approximate surface area is 176 Å². The van der Waals surface area contributed by atoms with Crippen LogP contribution in [-0.2, 0) is 11.3 Å². The van der Waals surface area contributed by atoms with Crippen molar-refractivity contribution in [2.45, 2.75) is 31.6 Å². The molecule has 1 aromatic heterocycles. The molecule has 1 amide bonds. The number of rotatable bonds is 3. The lowest BCUT2D eigenvalue weighted by Gasteiger charge is -2.36. The molecule has 0 aliphatic carbocycles. The highest BCUT2D eigenvalue weighted by atomic mass is 19.4. The molecule has 2 aliphatic rings. The van der Waals surface area contributed by atoms with E-state index in [0.717, 1.165) is 44.6 Å². The van der Waals surface area contributed by atoms with E-state index < -0.39 is 12.1 Å². The van der Waals surface area contributed by atoms with Crippen LogP contribution in [0.2, 0.25) is 0 Å². The van der Waals surface area contributed by atoms with E-state index in [1.807, 2.05) is 17.0 Å². The van der Waals surface area contributed by atoms with E-state index in [4.69, 9.17) is 14.3 Å². The van der Waals surface area contributed by atoms with Crippen molar-refractivity contribution in [3.63, 3.8) is 0 Å². The molecule has 2 aromatic rings. The van der Waals surface area contributed by atoms with Crippen LogP contribution in [0.1, 0.15) is 29.0 Å². The predicted octanol–water partition coefficient (Wildman–Crippen LogP) is 3.79. The van der Waals surface area contributed by atoms with Gasteiger partial charge in [-0.05, 0) is 55.1 Å². The Kier molecular flexibility index (Phi) is 6.99. The number of nitrogens with zero attached hydrogens (tertiary/aromatic N) is 2. The zero-order valence-electron chi connectivity index (χ0n) is 16.5. The number of carboxylic acid groups (broad SMARTS) is 1. The van der Waals surface area contributed by atoms with Gasteiger partial charge in [0.1, 0.15) is 5.82 Å². The summed E-state index contributed by atoms with van der Waals surface area (Å²) in [5.74, 6) is -2.05. The maximum absolute atomic E-state index is 13.1. The number of furan rings is 1. The fourth-order valence-electron chi connectivity index (χ4n) is 4.02. The van der Waals surface area contributed by atoms with Crippen LogP contribution >= 0.6 is 0 Å². The number of halogens is 4. The zero-order chi connectivity index (χ0) is 22.6. The standard InChI is InChI=1S/C19H21FN2O2.C2HF3O2/c20-16-7-5-14(6-8-16)11-21-9-1-3-15-12-22(13-17(15)21)19(23)18-4-2-10-24-18;3-2(4,5)1(6)7/h2,4-8,10,15,17H,1,3,9,11-13H2;(H,6,7)/t15-,17+;/m1./s1. The molecule has 0 saturated carbocycles. The van der Waals surface area contributed by atoms with Gasteiger partial charge < -0.3 is 14.4 Å². The highest BCUT2D eigenvalue weighted by molar-refractivity contribution is 5.91. The summed E-state index contributed by atoms with van der Waals surface area (Å²) in [5.41, 5.74) is 1.12. The summed E-state index contributed by atoms with van der Waals surface area (Å²) in [6, 6.07) is 10.6. The minimum Gasteiger partial charge on any atom is -0.475 e. The molecule has 10 heteroatoms. The van der Waals surface area contributed by atoms with Crippen LogP contribution in [0.15, 0.2) is 47.1 Å². The van der Waals surface area contributed by atoms with Crippen molar-refractivity contribution in [3.05, 3.63) is 59.8 Å². The molecule has 2 saturated heterocycles. The third-order valence-electron chi connectivity index (χ3n) is 5.46. The van der Waals surface area contributed by atoms with Crippen LogP contribution in [0, 0.1) is 11.7 Å². The monoisotopic (exact) mass is 442 g/mol. The number of carbonyl (C=O) groups excluding carboxylic acids is 1. The van der Waals surface area contributed by atoms with E-state index in [9.17, 15) is 22.4 Å². The summed E-state index contributed by atoms with van der Waals surface area (Å²) in [6.07, 6.45) is -1.24. The van der Waals surface area contributed by atoms with Crippen LogP contribution in [-0.4, -0.2) is 58.6 Å². The fraction of sp³-hybridized carbons (Fsp3) is 0.429. The van der Waals surface area contributed by atoms with Crippen molar-refractivity contribution in [1.82, 2.24) is 9.80 Å². The Morgan fingerprint density at radius 2 is 1.81 bits per heavy atom. The van der Waals surface area contributed by atoms with Crippen molar-refractivity contribution in [1.29, 1.82) is 0 Å². The summed E-state index contributed by atoms with van der Waals surface area (Å²) in [7, 11) is 0. The van der Waals surface area contributed by atoms with Crippen molar-refractivity contribution >= 4 is 11.9 Å². The number of fused-ring (bicyclic) bond motifs is 1. The lowest BCUT2D eigenvalue weighted by Crippen LogP contribution is -2.44. The van der Waals surface area contributed by atoms with Gasteiger partial charge in [0.05, 0.1) is 6.26 Å². The number of amides is 1. The average Bonchev–Trinajstić information content (AvgIpc) is 3.39. The van der Waals surface area contributed by atoms with Crippen molar-refractivity contribution in [2.24, 2.45) is 5.92 Å². The van der Waals surface area contributed by atoms with E-state index >= 15 is 0 Å². The molecule has 4 rings (SSSR count). The molecule has 0 unspecified atom stereocenters. The smallest absolute Gasteiger partial charge is 0.475 e. The number of carbonyl (C=O) groups is 2. The molecule has 0 bridgehead atoms. The second kappa shape index (κ2) is 9.51. The number of carboxylic acids is 1. The minimum absolute atomic E-state index is 0.0175. The first kappa shape index (κ1) is 22.8. The number of likely N-dealkylation sites (tertiary alicyclic amines) is 2. The SMILES string of the molecule is O=C(O)C(F)(F)F.O=C(c1ccco1)N1C[C@H]2CCCN(Cc3ccc(F)cc3)[C@H]2C1. The van der Waals surface area contributed by atoms with Gasteiger partial charge in [-0.1, -0.05) is 12.1 Å². The minimum atomic E-state index is -5.08. The second-order valence-electron chi connectivity index (χ2n) is 7.56. The lowest BCUT2D eigenvalue weighted by atomic mass is 9.91.